The summed E-state index contributed by atoms with van der Waals surface area (Å²) >= 11 is 0. The Labute approximate surface area is 124 Å². The van der Waals surface area contributed by atoms with Gasteiger partial charge in [0.25, 0.3) is 0 Å². The molecule has 21 heavy (non-hydrogen) atoms. The number of carbonyl (C=O) groups excluding carboxylic acids is 1. The van der Waals surface area contributed by atoms with Gasteiger partial charge in [-0.1, -0.05) is 37.3 Å². The zero-order valence-electron chi connectivity index (χ0n) is 12.0. The Morgan fingerprint density at radius 3 is 2.71 bits per heavy atom. The van der Waals surface area contributed by atoms with E-state index in [4.69, 9.17) is 0 Å². The molecule has 108 valence electrons. The molecule has 4 heteroatoms. The van der Waals surface area contributed by atoms with E-state index in [0.29, 0.717) is 23.3 Å². The van der Waals surface area contributed by atoms with Crippen molar-refractivity contribution in [2.24, 2.45) is 10.9 Å². The molecule has 0 amide bonds. The number of carbonyl (C=O) groups is 1. The van der Waals surface area contributed by atoms with Gasteiger partial charge >= 0.3 is 0 Å². The first kappa shape index (κ1) is 14.9. The first-order chi connectivity index (χ1) is 10.2. The molecule has 4 nitrogen and oxygen atoms in total. The lowest BCUT2D eigenvalue weighted by Gasteiger charge is -2.10. The maximum Gasteiger partial charge on any atom is 0.191 e. The number of pyridine rings is 1. The molecule has 1 heterocycles. The van der Waals surface area contributed by atoms with Gasteiger partial charge in [0.2, 0.25) is 0 Å². The van der Waals surface area contributed by atoms with Gasteiger partial charge in [-0.05, 0) is 18.1 Å². The first-order valence-corrected chi connectivity index (χ1v) is 6.98. The van der Waals surface area contributed by atoms with E-state index in [1.54, 1.807) is 18.3 Å². The van der Waals surface area contributed by atoms with E-state index in [2.05, 4.69) is 4.99 Å². The highest BCUT2D eigenvalue weighted by Gasteiger charge is 2.19. The molecule has 0 aliphatic carbocycles. The summed E-state index contributed by atoms with van der Waals surface area (Å²) < 4.78 is 0.646. The Hall–Kier alpha value is -2.49. The Morgan fingerprint density at radius 1 is 1.29 bits per heavy atom. The fourth-order valence-corrected chi connectivity index (χ4v) is 2.06. The highest BCUT2D eigenvalue weighted by Crippen LogP contribution is 2.12. The van der Waals surface area contributed by atoms with Crippen LogP contribution in [0.15, 0.2) is 59.9 Å². The fourth-order valence-electron chi connectivity index (χ4n) is 2.06. The van der Waals surface area contributed by atoms with Crippen molar-refractivity contribution in [3.05, 3.63) is 71.2 Å². The number of aliphatic imine (C=N–C) groups is 1. The molecule has 1 atom stereocenters. The molecule has 1 aromatic carbocycles. The summed E-state index contributed by atoms with van der Waals surface area (Å²) in [5, 5.41) is 11.2. The highest BCUT2D eigenvalue weighted by atomic mass is 16.5. The van der Waals surface area contributed by atoms with E-state index in [0.717, 1.165) is 5.56 Å². The summed E-state index contributed by atoms with van der Waals surface area (Å²) in [6.45, 7) is 2.38. The molecule has 0 fully saturated rings. The van der Waals surface area contributed by atoms with Crippen LogP contribution in [-0.2, 0) is 0 Å². The molecular weight excluding hydrogens is 264 g/mol. The molecule has 0 saturated carbocycles. The van der Waals surface area contributed by atoms with Crippen molar-refractivity contribution in [3.63, 3.8) is 0 Å². The van der Waals surface area contributed by atoms with E-state index in [9.17, 15) is 10.0 Å². The van der Waals surface area contributed by atoms with Gasteiger partial charge in [-0.2, -0.15) is 4.73 Å². The van der Waals surface area contributed by atoms with Crippen LogP contribution in [-0.4, -0.2) is 18.5 Å². The lowest BCUT2D eigenvalue weighted by atomic mass is 9.96. The largest absolute Gasteiger partial charge is 0.619 e. The third-order valence-corrected chi connectivity index (χ3v) is 3.29. The monoisotopic (exact) mass is 282 g/mol. The van der Waals surface area contributed by atoms with Crippen molar-refractivity contribution < 1.29 is 9.52 Å². The van der Waals surface area contributed by atoms with Crippen LogP contribution in [0.1, 0.15) is 29.3 Å². The maximum absolute atomic E-state index is 12.3. The molecule has 0 N–H and O–H groups in total. The smallest absolute Gasteiger partial charge is 0.191 e. The van der Waals surface area contributed by atoms with Crippen LogP contribution in [0.4, 0.5) is 0 Å². The Kier molecular flexibility index (Phi) is 5.21. The van der Waals surface area contributed by atoms with Gasteiger partial charge in [-0.15, -0.1) is 0 Å². The lowest BCUT2D eigenvalue weighted by Crippen LogP contribution is -2.27. The van der Waals surface area contributed by atoms with Gasteiger partial charge in [0.15, 0.2) is 18.2 Å². The van der Waals surface area contributed by atoms with E-state index >= 15 is 0 Å². The Balaban J connectivity index is 2.03. The van der Waals surface area contributed by atoms with Crippen molar-refractivity contribution in [2.45, 2.75) is 13.3 Å². The van der Waals surface area contributed by atoms with E-state index in [1.165, 1.54) is 12.4 Å². The van der Waals surface area contributed by atoms with Crippen molar-refractivity contribution in [3.8, 4) is 0 Å². The van der Waals surface area contributed by atoms with E-state index in [1.807, 2.05) is 37.3 Å². The normalized spacial score (nSPS) is 12.4. The summed E-state index contributed by atoms with van der Waals surface area (Å²) in [6.07, 6.45) is 5.14. The van der Waals surface area contributed by atoms with Gasteiger partial charge in [0.05, 0.1) is 5.56 Å². The fraction of sp³-hybridized carbons (Fsp3) is 0.235. The summed E-state index contributed by atoms with van der Waals surface area (Å²) in [5.41, 5.74) is 1.45. The molecule has 1 aromatic heterocycles. The molecule has 2 aromatic rings. The Morgan fingerprint density at radius 2 is 2.05 bits per heavy atom. The number of aromatic nitrogens is 1. The van der Waals surface area contributed by atoms with Gasteiger partial charge in [0, 0.05) is 24.7 Å². The van der Waals surface area contributed by atoms with Crippen LogP contribution in [0.2, 0.25) is 0 Å². The quantitative estimate of drug-likeness (QED) is 0.354. The molecule has 0 aliphatic heterocycles. The average Bonchev–Trinajstić information content (AvgIpc) is 2.52. The maximum atomic E-state index is 12.3. The SMILES string of the molecule is CCC(CN=Cc1ccccc1)C(=O)c1ccc[n+]([O-])c1. The van der Waals surface area contributed by atoms with Crippen LogP contribution < -0.4 is 4.73 Å². The summed E-state index contributed by atoms with van der Waals surface area (Å²) in [4.78, 5) is 16.7. The van der Waals surface area contributed by atoms with Crippen LogP contribution in [0.3, 0.4) is 0 Å². The number of benzene rings is 1. The average molecular weight is 282 g/mol. The number of hydrogen-bond donors (Lipinski definition) is 0. The second-order valence-electron chi connectivity index (χ2n) is 4.83. The molecule has 2 rings (SSSR count). The molecule has 0 radical (unpaired) electrons. The number of ketones is 1. The van der Waals surface area contributed by atoms with E-state index < -0.39 is 0 Å². The molecule has 0 spiro atoms. The standard InChI is InChI=1S/C17H18N2O2/c1-2-15(12-18-11-14-7-4-3-5-8-14)17(20)16-9-6-10-19(21)13-16/h3-11,13,15H,2,12H2,1H3. The molecule has 0 saturated heterocycles. The third-order valence-electron chi connectivity index (χ3n) is 3.29. The van der Waals surface area contributed by atoms with Gasteiger partial charge in [-0.3, -0.25) is 9.79 Å². The number of Topliss-reactive ketones (excluding diaryl/α,β-unsaturated/α-hetero) is 1. The topological polar surface area (TPSA) is 56.4 Å². The number of nitrogens with zero attached hydrogens (tertiary/aromatic N) is 2. The molecular formula is C17H18N2O2. The minimum Gasteiger partial charge on any atom is -0.619 e. The Bertz CT molecular complexity index is 624. The number of hydrogen-bond acceptors (Lipinski definition) is 3. The summed E-state index contributed by atoms with van der Waals surface area (Å²) in [7, 11) is 0. The number of rotatable bonds is 6. The van der Waals surface area contributed by atoms with Crippen LogP contribution in [0.5, 0.6) is 0 Å². The minimum atomic E-state index is -0.202. The first-order valence-electron chi connectivity index (χ1n) is 6.98. The third kappa shape index (κ3) is 4.24. The van der Waals surface area contributed by atoms with Crippen LogP contribution in [0, 0.1) is 11.1 Å². The zero-order valence-corrected chi connectivity index (χ0v) is 12.0. The van der Waals surface area contributed by atoms with E-state index in [-0.39, 0.29) is 11.7 Å². The molecule has 0 aliphatic rings. The summed E-state index contributed by atoms with van der Waals surface area (Å²) in [5.74, 6) is -0.236. The highest BCUT2D eigenvalue weighted by molar-refractivity contribution is 5.97. The predicted molar refractivity (Wildman–Crippen MR) is 82.4 cm³/mol. The second-order valence-corrected chi connectivity index (χ2v) is 4.83. The van der Waals surface area contributed by atoms with Gasteiger partial charge < -0.3 is 5.21 Å². The molecule has 1 unspecified atom stereocenters. The predicted octanol–water partition coefficient (Wildman–Crippen LogP) is 2.65. The molecule has 0 bridgehead atoms. The zero-order chi connectivity index (χ0) is 15.1. The van der Waals surface area contributed by atoms with Crippen LogP contribution in [0.25, 0.3) is 0 Å². The second kappa shape index (κ2) is 7.33. The summed E-state index contributed by atoms with van der Waals surface area (Å²) in [6, 6.07) is 13.0. The lowest BCUT2D eigenvalue weighted by molar-refractivity contribution is -0.605. The van der Waals surface area contributed by atoms with Gasteiger partial charge in [0.1, 0.15) is 0 Å². The minimum absolute atomic E-state index is 0.0343. The van der Waals surface area contributed by atoms with Gasteiger partial charge in [-0.25, -0.2) is 0 Å². The van der Waals surface area contributed by atoms with Crippen molar-refractivity contribution in [1.82, 2.24) is 0 Å². The van der Waals surface area contributed by atoms with Crippen molar-refractivity contribution in [2.75, 3.05) is 6.54 Å². The van der Waals surface area contributed by atoms with Crippen LogP contribution >= 0.6 is 0 Å². The van der Waals surface area contributed by atoms with Crippen molar-refractivity contribution >= 4 is 12.0 Å². The van der Waals surface area contributed by atoms with Crippen molar-refractivity contribution in [1.29, 1.82) is 0 Å².